The van der Waals surface area contributed by atoms with Crippen LogP contribution in [-0.2, 0) is 9.59 Å². The van der Waals surface area contributed by atoms with Gasteiger partial charge in [-0.05, 0) is 6.54 Å². The van der Waals surface area contributed by atoms with Crippen LogP contribution < -0.4 is 11.1 Å². The zero-order valence-electron chi connectivity index (χ0n) is 7.46. The van der Waals surface area contributed by atoms with E-state index in [4.69, 9.17) is 5.73 Å². The Morgan fingerprint density at radius 1 is 1.42 bits per heavy atom. The Morgan fingerprint density at radius 3 is 2.33 bits per heavy atom. The highest BCUT2D eigenvalue weighted by molar-refractivity contribution is 5.80. The van der Waals surface area contributed by atoms with E-state index in [2.05, 4.69) is 5.32 Å². The van der Waals surface area contributed by atoms with Crippen molar-refractivity contribution >= 4 is 11.8 Å². The smallest absolute Gasteiger partial charge is 0.233 e. The van der Waals surface area contributed by atoms with Gasteiger partial charge in [-0.2, -0.15) is 0 Å². The van der Waals surface area contributed by atoms with Crippen molar-refractivity contribution in [2.45, 2.75) is 6.92 Å². The number of likely N-dealkylation sites (N-methyl/N-ethyl adjacent to an activating group) is 2. The Kier molecular flexibility index (Phi) is 5.03. The maximum Gasteiger partial charge on any atom is 0.233 e. The molecule has 0 fully saturated rings. The van der Waals surface area contributed by atoms with Crippen LogP contribution >= 0.6 is 0 Å². The summed E-state index contributed by atoms with van der Waals surface area (Å²) < 4.78 is 0. The van der Waals surface area contributed by atoms with Crippen LogP contribution in [0.2, 0.25) is 0 Å². The third-order valence-electron chi connectivity index (χ3n) is 1.47. The van der Waals surface area contributed by atoms with Crippen molar-refractivity contribution in [1.82, 2.24) is 10.2 Å². The van der Waals surface area contributed by atoms with Crippen LogP contribution in [0.25, 0.3) is 0 Å². The summed E-state index contributed by atoms with van der Waals surface area (Å²) in [6.07, 6.45) is 0. The molecule has 3 N–H and O–H groups in total. The first-order valence-corrected chi connectivity index (χ1v) is 3.81. The monoisotopic (exact) mass is 173 g/mol. The number of nitrogens with one attached hydrogen (secondary N) is 1. The highest BCUT2D eigenvalue weighted by atomic mass is 16.2. The lowest BCUT2D eigenvalue weighted by molar-refractivity contribution is -0.123. The summed E-state index contributed by atoms with van der Waals surface area (Å²) in [5.74, 6) is -0.529. The lowest BCUT2D eigenvalue weighted by atomic mass is 10.4. The van der Waals surface area contributed by atoms with E-state index < -0.39 is 5.91 Å². The summed E-state index contributed by atoms with van der Waals surface area (Å²) in [7, 11) is 1.56. The van der Waals surface area contributed by atoms with E-state index in [-0.39, 0.29) is 19.0 Å². The first kappa shape index (κ1) is 10.9. The molecule has 5 heteroatoms. The molecule has 0 unspecified atom stereocenters. The lowest BCUT2D eigenvalue weighted by Gasteiger charge is -2.16. The first-order valence-electron chi connectivity index (χ1n) is 3.81. The molecule has 0 aromatic carbocycles. The van der Waals surface area contributed by atoms with E-state index in [1.807, 2.05) is 6.92 Å². The molecule has 0 aromatic heterocycles. The van der Waals surface area contributed by atoms with Gasteiger partial charge >= 0.3 is 0 Å². The van der Waals surface area contributed by atoms with Gasteiger partial charge in [0.05, 0.1) is 13.1 Å². The van der Waals surface area contributed by atoms with Crippen LogP contribution in [0.5, 0.6) is 0 Å². The van der Waals surface area contributed by atoms with Crippen molar-refractivity contribution < 1.29 is 9.59 Å². The van der Waals surface area contributed by atoms with E-state index in [0.29, 0.717) is 6.54 Å². The second kappa shape index (κ2) is 5.54. The van der Waals surface area contributed by atoms with Crippen LogP contribution in [0.15, 0.2) is 0 Å². The number of primary amides is 1. The van der Waals surface area contributed by atoms with Crippen molar-refractivity contribution in [2.75, 3.05) is 26.7 Å². The number of amides is 2. The molecule has 0 aliphatic rings. The van der Waals surface area contributed by atoms with Crippen molar-refractivity contribution in [2.24, 2.45) is 5.73 Å². The molecule has 5 nitrogen and oxygen atoms in total. The van der Waals surface area contributed by atoms with Crippen LogP contribution in [0.4, 0.5) is 0 Å². The van der Waals surface area contributed by atoms with E-state index in [1.54, 1.807) is 11.9 Å². The summed E-state index contributed by atoms with van der Waals surface area (Å²) >= 11 is 0. The highest BCUT2D eigenvalue weighted by Gasteiger charge is 2.09. The molecule has 0 spiro atoms. The number of rotatable bonds is 5. The minimum atomic E-state index is -0.416. The molecular weight excluding hydrogens is 158 g/mol. The Hall–Kier alpha value is -1.10. The van der Waals surface area contributed by atoms with Gasteiger partial charge in [-0.15, -0.1) is 0 Å². The number of carbonyl (C=O) groups is 2. The largest absolute Gasteiger partial charge is 0.369 e. The minimum Gasteiger partial charge on any atom is -0.369 e. The van der Waals surface area contributed by atoms with Gasteiger partial charge in [-0.1, -0.05) is 6.92 Å². The zero-order chi connectivity index (χ0) is 9.56. The van der Waals surface area contributed by atoms with E-state index in [1.165, 1.54) is 0 Å². The fourth-order valence-corrected chi connectivity index (χ4v) is 0.782. The molecule has 0 bridgehead atoms. The molecule has 12 heavy (non-hydrogen) atoms. The van der Waals surface area contributed by atoms with Crippen molar-refractivity contribution in [1.29, 1.82) is 0 Å². The second-order valence-corrected chi connectivity index (χ2v) is 2.44. The number of nitrogens with two attached hydrogens (primary N) is 1. The Bertz CT molecular complexity index is 170. The van der Waals surface area contributed by atoms with E-state index >= 15 is 0 Å². The summed E-state index contributed by atoms with van der Waals surface area (Å²) in [5.41, 5.74) is 4.97. The molecule has 0 saturated heterocycles. The average Bonchev–Trinajstić information content (AvgIpc) is 2.02. The quantitative estimate of drug-likeness (QED) is 0.533. The van der Waals surface area contributed by atoms with Gasteiger partial charge in [0.2, 0.25) is 11.8 Å². The molecule has 0 aromatic rings. The first-order chi connectivity index (χ1) is 5.60. The molecule has 2 amide bonds. The van der Waals surface area contributed by atoms with Gasteiger partial charge in [0.25, 0.3) is 0 Å². The molecule has 0 radical (unpaired) electrons. The molecule has 0 saturated carbocycles. The summed E-state index contributed by atoms with van der Waals surface area (Å²) in [5, 5.41) is 2.47. The predicted octanol–water partition coefficient (Wildman–Crippen LogP) is -1.46. The normalized spacial score (nSPS) is 9.92. The molecule has 70 valence electrons. The maximum absolute atomic E-state index is 10.9. The van der Waals surface area contributed by atoms with Crippen LogP contribution in [0, 0.1) is 0 Å². The topological polar surface area (TPSA) is 75.4 Å². The average molecular weight is 173 g/mol. The maximum atomic E-state index is 10.9. The van der Waals surface area contributed by atoms with Crippen LogP contribution in [0.3, 0.4) is 0 Å². The van der Waals surface area contributed by atoms with Crippen LogP contribution in [-0.4, -0.2) is 43.4 Å². The van der Waals surface area contributed by atoms with Gasteiger partial charge in [0, 0.05) is 7.05 Å². The molecule has 0 heterocycles. The summed E-state index contributed by atoms with van der Waals surface area (Å²) in [6, 6.07) is 0. The fraction of sp³-hybridized carbons (Fsp3) is 0.714. The van der Waals surface area contributed by atoms with E-state index in [9.17, 15) is 9.59 Å². The SMILES string of the molecule is CCN(CC(N)=O)CC(=O)NC. The third kappa shape index (κ3) is 4.68. The second-order valence-electron chi connectivity index (χ2n) is 2.44. The standard InChI is InChI=1S/C7H15N3O2/c1-3-10(4-6(8)11)5-7(12)9-2/h3-5H2,1-2H3,(H2,8,11)(H,9,12). The predicted molar refractivity (Wildman–Crippen MR) is 45.4 cm³/mol. The molecule has 0 atom stereocenters. The lowest BCUT2D eigenvalue weighted by Crippen LogP contribution is -2.40. The van der Waals surface area contributed by atoms with Crippen molar-refractivity contribution in [3.8, 4) is 0 Å². The number of hydrogen-bond donors (Lipinski definition) is 2. The summed E-state index contributed by atoms with van der Waals surface area (Å²) in [4.78, 5) is 23.0. The van der Waals surface area contributed by atoms with Crippen molar-refractivity contribution in [3.63, 3.8) is 0 Å². The number of nitrogens with zero attached hydrogens (tertiary/aromatic N) is 1. The van der Waals surface area contributed by atoms with Gasteiger partial charge < -0.3 is 11.1 Å². The third-order valence-corrected chi connectivity index (χ3v) is 1.47. The highest BCUT2D eigenvalue weighted by Crippen LogP contribution is 1.85. The zero-order valence-corrected chi connectivity index (χ0v) is 7.46. The molecule has 0 rings (SSSR count). The Balaban J connectivity index is 3.82. The summed E-state index contributed by atoms with van der Waals surface area (Å²) in [6.45, 7) is 2.85. The molecule has 0 aliphatic heterocycles. The van der Waals surface area contributed by atoms with Crippen molar-refractivity contribution in [3.05, 3.63) is 0 Å². The van der Waals surface area contributed by atoms with Gasteiger partial charge in [-0.25, -0.2) is 0 Å². The van der Waals surface area contributed by atoms with Gasteiger partial charge in [0.15, 0.2) is 0 Å². The Labute approximate surface area is 71.9 Å². The minimum absolute atomic E-state index is 0.113. The molecular formula is C7H15N3O2. The number of carbonyl (C=O) groups excluding carboxylic acids is 2. The van der Waals surface area contributed by atoms with Gasteiger partial charge in [0.1, 0.15) is 0 Å². The van der Waals surface area contributed by atoms with E-state index in [0.717, 1.165) is 0 Å². The Morgan fingerprint density at radius 2 is 2.00 bits per heavy atom. The fourth-order valence-electron chi connectivity index (χ4n) is 0.782. The van der Waals surface area contributed by atoms with Gasteiger partial charge in [-0.3, -0.25) is 14.5 Å². The number of hydrogen-bond acceptors (Lipinski definition) is 3. The molecule has 0 aliphatic carbocycles. The van der Waals surface area contributed by atoms with Crippen LogP contribution in [0.1, 0.15) is 6.92 Å².